The van der Waals surface area contributed by atoms with E-state index in [4.69, 9.17) is 5.21 Å². The minimum atomic E-state index is 0.539. The van der Waals surface area contributed by atoms with Crippen LogP contribution in [0.5, 0.6) is 0 Å². The Morgan fingerprint density at radius 1 is 1.38 bits per heavy atom. The maximum Gasteiger partial charge on any atom is 0.0629 e. The molecule has 13 heavy (non-hydrogen) atoms. The summed E-state index contributed by atoms with van der Waals surface area (Å²) in [5.41, 5.74) is 1.04. The van der Waals surface area contributed by atoms with Gasteiger partial charge in [0.05, 0.1) is 5.71 Å². The number of oxime groups is 1. The lowest BCUT2D eigenvalue weighted by molar-refractivity contribution is 0.143. The molecule has 1 N–H and O–H groups in total. The molecule has 1 aliphatic carbocycles. The van der Waals surface area contributed by atoms with E-state index in [2.05, 4.69) is 17.1 Å². The average Bonchev–Trinajstić information content (AvgIpc) is 2.19. The molecule has 74 valence electrons. The summed E-state index contributed by atoms with van der Waals surface area (Å²) in [6.45, 7) is 1.06. The Labute approximate surface area is 79.4 Å². The van der Waals surface area contributed by atoms with Gasteiger partial charge in [-0.05, 0) is 19.9 Å². The molecular weight excluding hydrogens is 164 g/mol. The van der Waals surface area contributed by atoms with E-state index in [1.54, 1.807) is 0 Å². The molecule has 1 heterocycles. The van der Waals surface area contributed by atoms with Crippen LogP contribution in [0.15, 0.2) is 5.16 Å². The number of likely N-dealkylation sites (tertiary alicyclic amines) is 1. The second-order valence-corrected chi connectivity index (χ2v) is 4.28. The Morgan fingerprint density at radius 3 is 2.92 bits per heavy atom. The van der Waals surface area contributed by atoms with E-state index >= 15 is 0 Å². The molecule has 2 aliphatic rings. The van der Waals surface area contributed by atoms with Crippen molar-refractivity contribution in [3.05, 3.63) is 0 Å². The van der Waals surface area contributed by atoms with Crippen LogP contribution in [0.25, 0.3) is 0 Å². The Bertz CT molecular complexity index is 215. The molecular formula is C10H18N2O. The summed E-state index contributed by atoms with van der Waals surface area (Å²) in [5.74, 6) is 0.539. The molecule has 0 bridgehead atoms. The normalized spacial score (nSPS) is 39.0. The van der Waals surface area contributed by atoms with E-state index in [0.717, 1.165) is 18.7 Å². The summed E-state index contributed by atoms with van der Waals surface area (Å²) in [5, 5.41) is 12.3. The fourth-order valence-electron chi connectivity index (χ4n) is 2.79. The van der Waals surface area contributed by atoms with E-state index in [-0.39, 0.29) is 0 Å². The SMILES string of the molecule is CN1CCC(=NO)C2CCCCC21. The van der Waals surface area contributed by atoms with Crippen LogP contribution in [-0.2, 0) is 0 Å². The lowest BCUT2D eigenvalue weighted by Crippen LogP contribution is -2.48. The van der Waals surface area contributed by atoms with Crippen molar-refractivity contribution in [3.63, 3.8) is 0 Å². The van der Waals surface area contributed by atoms with Crippen LogP contribution in [0.1, 0.15) is 32.1 Å². The quantitative estimate of drug-likeness (QED) is 0.457. The zero-order valence-electron chi connectivity index (χ0n) is 8.24. The first kappa shape index (κ1) is 9.00. The molecule has 2 fully saturated rings. The van der Waals surface area contributed by atoms with Crippen LogP contribution < -0.4 is 0 Å². The fraction of sp³-hybridized carbons (Fsp3) is 0.900. The molecule has 2 rings (SSSR count). The van der Waals surface area contributed by atoms with Gasteiger partial charge in [0.15, 0.2) is 0 Å². The molecule has 0 aromatic carbocycles. The lowest BCUT2D eigenvalue weighted by Gasteiger charge is -2.42. The van der Waals surface area contributed by atoms with Gasteiger partial charge in [0, 0.05) is 24.9 Å². The monoisotopic (exact) mass is 182 g/mol. The first-order valence-corrected chi connectivity index (χ1v) is 5.24. The molecule has 3 heteroatoms. The van der Waals surface area contributed by atoms with Crippen molar-refractivity contribution in [1.82, 2.24) is 4.90 Å². The second-order valence-electron chi connectivity index (χ2n) is 4.28. The molecule has 2 atom stereocenters. The van der Waals surface area contributed by atoms with Crippen molar-refractivity contribution in [2.45, 2.75) is 38.1 Å². The van der Waals surface area contributed by atoms with Crippen molar-refractivity contribution in [1.29, 1.82) is 0 Å². The third-order valence-electron chi connectivity index (χ3n) is 3.57. The largest absolute Gasteiger partial charge is 0.411 e. The molecule has 0 radical (unpaired) electrons. The minimum Gasteiger partial charge on any atom is -0.411 e. The van der Waals surface area contributed by atoms with E-state index < -0.39 is 0 Å². The molecule has 0 amide bonds. The van der Waals surface area contributed by atoms with Gasteiger partial charge in [0.25, 0.3) is 0 Å². The molecule has 1 aliphatic heterocycles. The van der Waals surface area contributed by atoms with Crippen molar-refractivity contribution in [3.8, 4) is 0 Å². The number of rotatable bonds is 0. The molecule has 2 unspecified atom stereocenters. The Kier molecular flexibility index (Phi) is 2.54. The molecule has 0 spiro atoms. The first-order valence-electron chi connectivity index (χ1n) is 5.24. The van der Waals surface area contributed by atoms with Gasteiger partial charge in [-0.2, -0.15) is 0 Å². The van der Waals surface area contributed by atoms with E-state index in [0.29, 0.717) is 12.0 Å². The summed E-state index contributed by atoms with van der Waals surface area (Å²) in [4.78, 5) is 2.43. The van der Waals surface area contributed by atoms with Gasteiger partial charge in [-0.25, -0.2) is 0 Å². The zero-order valence-corrected chi connectivity index (χ0v) is 8.24. The predicted octanol–water partition coefficient (Wildman–Crippen LogP) is 1.71. The molecule has 0 aromatic rings. The maximum absolute atomic E-state index is 8.89. The smallest absolute Gasteiger partial charge is 0.0629 e. The van der Waals surface area contributed by atoms with Gasteiger partial charge in [0.1, 0.15) is 0 Å². The van der Waals surface area contributed by atoms with Gasteiger partial charge in [0.2, 0.25) is 0 Å². The summed E-state index contributed by atoms with van der Waals surface area (Å²) in [7, 11) is 2.19. The van der Waals surface area contributed by atoms with Crippen molar-refractivity contribution in [2.75, 3.05) is 13.6 Å². The molecule has 3 nitrogen and oxygen atoms in total. The second kappa shape index (κ2) is 3.66. The van der Waals surface area contributed by atoms with Crippen molar-refractivity contribution < 1.29 is 5.21 Å². The molecule has 1 saturated heterocycles. The van der Waals surface area contributed by atoms with Crippen LogP contribution >= 0.6 is 0 Å². The van der Waals surface area contributed by atoms with Gasteiger partial charge in [-0.3, -0.25) is 0 Å². The van der Waals surface area contributed by atoms with E-state index in [1.807, 2.05) is 0 Å². The topological polar surface area (TPSA) is 35.8 Å². The van der Waals surface area contributed by atoms with Gasteiger partial charge in [-0.1, -0.05) is 18.0 Å². The highest BCUT2D eigenvalue weighted by Gasteiger charge is 2.35. The third-order valence-corrected chi connectivity index (χ3v) is 3.57. The minimum absolute atomic E-state index is 0.539. The number of piperidine rings is 1. The van der Waals surface area contributed by atoms with Gasteiger partial charge in [-0.15, -0.1) is 0 Å². The predicted molar refractivity (Wildman–Crippen MR) is 52.2 cm³/mol. The van der Waals surface area contributed by atoms with Crippen LogP contribution in [0, 0.1) is 5.92 Å². The highest BCUT2D eigenvalue weighted by molar-refractivity contribution is 5.87. The van der Waals surface area contributed by atoms with Crippen LogP contribution in [-0.4, -0.2) is 35.5 Å². The molecule has 1 saturated carbocycles. The summed E-state index contributed by atoms with van der Waals surface area (Å²) >= 11 is 0. The van der Waals surface area contributed by atoms with Gasteiger partial charge >= 0.3 is 0 Å². The highest BCUT2D eigenvalue weighted by atomic mass is 16.4. The van der Waals surface area contributed by atoms with Crippen LogP contribution in [0.4, 0.5) is 0 Å². The number of hydrogen-bond acceptors (Lipinski definition) is 3. The Morgan fingerprint density at radius 2 is 2.15 bits per heavy atom. The maximum atomic E-state index is 8.89. The Hall–Kier alpha value is -0.570. The van der Waals surface area contributed by atoms with Crippen LogP contribution in [0.3, 0.4) is 0 Å². The zero-order chi connectivity index (χ0) is 9.26. The highest BCUT2D eigenvalue weighted by Crippen LogP contribution is 2.32. The summed E-state index contributed by atoms with van der Waals surface area (Å²) in [6.07, 6.45) is 6.08. The van der Waals surface area contributed by atoms with Crippen LogP contribution in [0.2, 0.25) is 0 Å². The first-order chi connectivity index (χ1) is 6.33. The van der Waals surface area contributed by atoms with Gasteiger partial charge < -0.3 is 10.1 Å². The average molecular weight is 182 g/mol. The standard InChI is InChI=1S/C10H18N2O/c1-12-7-6-9(11-13)8-4-2-3-5-10(8)12/h8,10,13H,2-7H2,1H3. The fourth-order valence-corrected chi connectivity index (χ4v) is 2.79. The van der Waals surface area contributed by atoms with Crippen molar-refractivity contribution >= 4 is 5.71 Å². The van der Waals surface area contributed by atoms with E-state index in [1.165, 1.54) is 25.7 Å². The molecule has 0 aromatic heterocycles. The Balaban J connectivity index is 2.14. The lowest BCUT2D eigenvalue weighted by atomic mass is 9.77. The third kappa shape index (κ3) is 1.57. The van der Waals surface area contributed by atoms with E-state index in [9.17, 15) is 0 Å². The van der Waals surface area contributed by atoms with Crippen molar-refractivity contribution in [2.24, 2.45) is 11.1 Å². The number of hydrogen-bond donors (Lipinski definition) is 1. The summed E-state index contributed by atoms with van der Waals surface area (Å²) in [6, 6.07) is 0.647. The number of nitrogens with zero attached hydrogens (tertiary/aromatic N) is 2. The summed E-state index contributed by atoms with van der Waals surface area (Å²) < 4.78 is 0. The number of fused-ring (bicyclic) bond motifs is 1.